The SMILES string of the molecule is CCCC(C)(NC(=O)NC(C)C(=O)N1CCCC1)C(=O)O. The summed E-state index contributed by atoms with van der Waals surface area (Å²) in [6, 6.07) is -1.30. The van der Waals surface area contributed by atoms with Crippen LogP contribution in [0.4, 0.5) is 4.79 Å². The van der Waals surface area contributed by atoms with Crippen LogP contribution >= 0.6 is 0 Å². The van der Waals surface area contributed by atoms with Crippen molar-refractivity contribution < 1.29 is 19.5 Å². The molecule has 7 heteroatoms. The van der Waals surface area contributed by atoms with Gasteiger partial charge in [-0.25, -0.2) is 9.59 Å². The molecule has 2 unspecified atom stereocenters. The Morgan fingerprint density at radius 3 is 2.33 bits per heavy atom. The second-order valence-electron chi connectivity index (χ2n) is 5.74. The van der Waals surface area contributed by atoms with E-state index in [2.05, 4.69) is 10.6 Å². The largest absolute Gasteiger partial charge is 0.480 e. The van der Waals surface area contributed by atoms with Gasteiger partial charge in [0, 0.05) is 13.1 Å². The van der Waals surface area contributed by atoms with Gasteiger partial charge in [-0.15, -0.1) is 0 Å². The van der Waals surface area contributed by atoms with E-state index < -0.39 is 23.6 Å². The molecule has 0 saturated carbocycles. The van der Waals surface area contributed by atoms with Crippen molar-refractivity contribution in [3.8, 4) is 0 Å². The summed E-state index contributed by atoms with van der Waals surface area (Å²) in [4.78, 5) is 37.0. The third-order valence-corrected chi connectivity index (χ3v) is 3.75. The van der Waals surface area contributed by atoms with Crippen LogP contribution in [0.1, 0.15) is 46.5 Å². The molecule has 0 radical (unpaired) electrons. The van der Waals surface area contributed by atoms with Gasteiger partial charge in [-0.05, 0) is 33.1 Å². The molecule has 0 spiro atoms. The van der Waals surface area contributed by atoms with Crippen molar-refractivity contribution in [2.75, 3.05) is 13.1 Å². The quantitative estimate of drug-likeness (QED) is 0.679. The normalized spacial score (nSPS) is 18.7. The number of nitrogens with one attached hydrogen (secondary N) is 2. The number of likely N-dealkylation sites (tertiary alicyclic amines) is 1. The fraction of sp³-hybridized carbons (Fsp3) is 0.786. The second kappa shape index (κ2) is 7.28. The molecule has 1 aliphatic heterocycles. The maximum Gasteiger partial charge on any atom is 0.329 e. The van der Waals surface area contributed by atoms with Crippen LogP contribution in [-0.2, 0) is 9.59 Å². The molecule has 120 valence electrons. The molecule has 1 fully saturated rings. The number of amides is 3. The van der Waals surface area contributed by atoms with Crippen molar-refractivity contribution in [2.45, 2.75) is 58.0 Å². The minimum atomic E-state index is -1.32. The first-order chi connectivity index (χ1) is 9.80. The van der Waals surface area contributed by atoms with Crippen molar-refractivity contribution in [3.63, 3.8) is 0 Å². The Labute approximate surface area is 125 Å². The molecule has 1 aliphatic rings. The Morgan fingerprint density at radius 2 is 1.86 bits per heavy atom. The Morgan fingerprint density at radius 1 is 1.29 bits per heavy atom. The van der Waals surface area contributed by atoms with E-state index >= 15 is 0 Å². The number of carbonyl (C=O) groups is 3. The van der Waals surface area contributed by atoms with Crippen molar-refractivity contribution >= 4 is 17.9 Å². The minimum absolute atomic E-state index is 0.129. The molecule has 0 aromatic carbocycles. The molecule has 2 atom stereocenters. The number of hydrogen-bond donors (Lipinski definition) is 3. The zero-order valence-corrected chi connectivity index (χ0v) is 12.9. The van der Waals surface area contributed by atoms with Crippen LogP contribution < -0.4 is 10.6 Å². The minimum Gasteiger partial charge on any atom is -0.480 e. The molecular weight excluding hydrogens is 274 g/mol. The van der Waals surface area contributed by atoms with Crippen LogP contribution in [0.25, 0.3) is 0 Å². The molecule has 0 bridgehead atoms. The van der Waals surface area contributed by atoms with Crippen molar-refractivity contribution in [1.82, 2.24) is 15.5 Å². The predicted molar refractivity (Wildman–Crippen MR) is 77.9 cm³/mol. The highest BCUT2D eigenvalue weighted by molar-refractivity contribution is 5.89. The van der Waals surface area contributed by atoms with Gasteiger partial charge in [0.2, 0.25) is 5.91 Å². The smallest absolute Gasteiger partial charge is 0.329 e. The van der Waals surface area contributed by atoms with Crippen LogP contribution in [0.2, 0.25) is 0 Å². The van der Waals surface area contributed by atoms with Gasteiger partial charge in [-0.1, -0.05) is 13.3 Å². The Bertz CT molecular complexity index is 407. The number of aliphatic carboxylic acids is 1. The van der Waals surface area contributed by atoms with Gasteiger partial charge in [-0.2, -0.15) is 0 Å². The Hall–Kier alpha value is -1.79. The topological polar surface area (TPSA) is 98.7 Å². The molecule has 0 aromatic heterocycles. The number of carboxylic acids is 1. The van der Waals surface area contributed by atoms with E-state index in [1.54, 1.807) is 11.8 Å². The lowest BCUT2D eigenvalue weighted by atomic mass is 9.96. The molecule has 1 saturated heterocycles. The van der Waals surface area contributed by atoms with E-state index in [9.17, 15) is 19.5 Å². The lowest BCUT2D eigenvalue weighted by Crippen LogP contribution is -2.58. The summed E-state index contributed by atoms with van der Waals surface area (Å²) >= 11 is 0. The van der Waals surface area contributed by atoms with E-state index in [0.717, 1.165) is 25.9 Å². The zero-order valence-electron chi connectivity index (χ0n) is 12.9. The molecule has 3 N–H and O–H groups in total. The highest BCUT2D eigenvalue weighted by atomic mass is 16.4. The molecule has 1 heterocycles. The number of urea groups is 1. The summed E-state index contributed by atoms with van der Waals surface area (Å²) in [5.41, 5.74) is -1.32. The van der Waals surface area contributed by atoms with Crippen molar-refractivity contribution in [2.24, 2.45) is 0 Å². The first kappa shape index (κ1) is 17.3. The zero-order chi connectivity index (χ0) is 16.0. The molecular formula is C14H25N3O4. The van der Waals surface area contributed by atoms with E-state index in [1.165, 1.54) is 6.92 Å². The van der Waals surface area contributed by atoms with Gasteiger partial charge in [0.15, 0.2) is 0 Å². The first-order valence-corrected chi connectivity index (χ1v) is 7.41. The molecule has 3 amide bonds. The standard InChI is InChI=1S/C14H25N3O4/c1-4-7-14(3,12(19)20)16-13(21)15-10(2)11(18)17-8-5-6-9-17/h10H,4-9H2,1-3H3,(H,19,20)(H2,15,16,21). The average molecular weight is 299 g/mol. The maximum atomic E-state index is 12.1. The number of hydrogen-bond acceptors (Lipinski definition) is 3. The summed E-state index contributed by atoms with van der Waals surface area (Å²) in [7, 11) is 0. The highest BCUT2D eigenvalue weighted by Gasteiger charge is 2.34. The highest BCUT2D eigenvalue weighted by Crippen LogP contribution is 2.13. The first-order valence-electron chi connectivity index (χ1n) is 7.41. The number of rotatable bonds is 6. The third kappa shape index (κ3) is 4.61. The van der Waals surface area contributed by atoms with Crippen LogP contribution in [-0.4, -0.2) is 52.6 Å². The van der Waals surface area contributed by atoms with Gasteiger partial charge >= 0.3 is 12.0 Å². The summed E-state index contributed by atoms with van der Waals surface area (Å²) < 4.78 is 0. The summed E-state index contributed by atoms with van der Waals surface area (Å²) in [5.74, 6) is -1.21. The van der Waals surface area contributed by atoms with Crippen LogP contribution in [0.5, 0.6) is 0 Å². The van der Waals surface area contributed by atoms with Gasteiger partial charge in [-0.3, -0.25) is 4.79 Å². The fourth-order valence-corrected chi connectivity index (χ4v) is 2.48. The second-order valence-corrected chi connectivity index (χ2v) is 5.74. The Kier molecular flexibility index (Phi) is 5.99. The van der Waals surface area contributed by atoms with E-state index in [-0.39, 0.29) is 5.91 Å². The summed E-state index contributed by atoms with van der Waals surface area (Å²) in [6.07, 6.45) is 2.92. The molecule has 21 heavy (non-hydrogen) atoms. The third-order valence-electron chi connectivity index (χ3n) is 3.75. The summed E-state index contributed by atoms with van der Waals surface area (Å²) in [5, 5.41) is 14.2. The van der Waals surface area contributed by atoms with E-state index in [4.69, 9.17) is 0 Å². The van der Waals surface area contributed by atoms with Crippen molar-refractivity contribution in [1.29, 1.82) is 0 Å². The molecule has 0 aromatic rings. The van der Waals surface area contributed by atoms with Gasteiger partial charge in [0.1, 0.15) is 11.6 Å². The fourth-order valence-electron chi connectivity index (χ4n) is 2.48. The van der Waals surface area contributed by atoms with Gasteiger partial charge in [0.25, 0.3) is 0 Å². The molecule has 1 rings (SSSR count). The lowest BCUT2D eigenvalue weighted by molar-refractivity contribution is -0.144. The Balaban J connectivity index is 2.55. The predicted octanol–water partition coefficient (Wildman–Crippen LogP) is 0.940. The average Bonchev–Trinajstić information content (AvgIpc) is 2.91. The monoisotopic (exact) mass is 299 g/mol. The van der Waals surface area contributed by atoms with E-state index in [1.807, 2.05) is 6.92 Å². The van der Waals surface area contributed by atoms with Gasteiger partial charge < -0.3 is 20.6 Å². The van der Waals surface area contributed by atoms with E-state index in [0.29, 0.717) is 12.8 Å². The maximum absolute atomic E-state index is 12.1. The van der Waals surface area contributed by atoms with Crippen LogP contribution in [0.15, 0.2) is 0 Å². The molecule has 0 aliphatic carbocycles. The van der Waals surface area contributed by atoms with Crippen LogP contribution in [0.3, 0.4) is 0 Å². The number of nitrogens with zero attached hydrogens (tertiary/aromatic N) is 1. The van der Waals surface area contributed by atoms with Crippen LogP contribution in [0, 0.1) is 0 Å². The molecule has 7 nitrogen and oxygen atoms in total. The van der Waals surface area contributed by atoms with Gasteiger partial charge in [0.05, 0.1) is 0 Å². The van der Waals surface area contributed by atoms with Crippen molar-refractivity contribution in [3.05, 3.63) is 0 Å². The number of carboxylic acid groups (broad SMARTS) is 1. The lowest BCUT2D eigenvalue weighted by Gasteiger charge is -2.27. The number of carbonyl (C=O) groups excluding carboxylic acids is 2. The summed E-state index contributed by atoms with van der Waals surface area (Å²) in [6.45, 7) is 6.36.